The Morgan fingerprint density at radius 1 is 1.18 bits per heavy atom. The molecule has 0 saturated carbocycles. The van der Waals surface area contributed by atoms with E-state index in [1.807, 2.05) is 0 Å². The van der Waals surface area contributed by atoms with Gasteiger partial charge in [-0.1, -0.05) is 0 Å². The van der Waals surface area contributed by atoms with E-state index in [2.05, 4.69) is 41.3 Å². The molecule has 0 unspecified atom stereocenters. The van der Waals surface area contributed by atoms with E-state index in [1.54, 1.807) is 7.11 Å². The van der Waals surface area contributed by atoms with Crippen LogP contribution >= 0.6 is 24.0 Å². The number of hydrogen-bond donors (Lipinski definition) is 2. The lowest BCUT2D eigenvalue weighted by Gasteiger charge is -2.21. The quantitative estimate of drug-likeness (QED) is 0.258. The summed E-state index contributed by atoms with van der Waals surface area (Å²) in [7, 11) is 1.73. The number of guanidine groups is 1. The van der Waals surface area contributed by atoms with E-state index in [1.165, 1.54) is 45.3 Å². The van der Waals surface area contributed by atoms with Gasteiger partial charge in [-0.3, -0.25) is 4.99 Å². The molecule has 0 amide bonds. The third-order valence-corrected chi connectivity index (χ3v) is 3.91. The van der Waals surface area contributed by atoms with Crippen LogP contribution in [0.3, 0.4) is 0 Å². The first-order chi connectivity index (χ1) is 10.1. The maximum Gasteiger partial charge on any atom is 0.191 e. The average molecular weight is 426 g/mol. The van der Waals surface area contributed by atoms with Crippen LogP contribution in [0.1, 0.15) is 46.5 Å². The van der Waals surface area contributed by atoms with E-state index in [4.69, 9.17) is 4.74 Å². The van der Waals surface area contributed by atoms with Crippen LogP contribution < -0.4 is 10.6 Å². The van der Waals surface area contributed by atoms with Crippen LogP contribution in [0.2, 0.25) is 0 Å². The van der Waals surface area contributed by atoms with Crippen molar-refractivity contribution in [2.45, 2.75) is 52.1 Å². The zero-order chi connectivity index (χ0) is 15.6. The molecule has 0 spiro atoms. The minimum absolute atomic E-state index is 0. The number of nitrogens with one attached hydrogen (secondary N) is 2. The van der Waals surface area contributed by atoms with Gasteiger partial charge in [0.05, 0.1) is 12.1 Å². The first kappa shape index (κ1) is 21.9. The Labute approximate surface area is 153 Å². The standard InChI is InChI=1S/C16H34N4O.HI/c1-5-17-15(19-14-16(2,3)21-4)18-10-6-7-11-20-12-8-9-13-20;/h5-14H2,1-4H3,(H2,17,18,19);1H. The van der Waals surface area contributed by atoms with Gasteiger partial charge in [0.2, 0.25) is 0 Å². The summed E-state index contributed by atoms with van der Waals surface area (Å²) >= 11 is 0. The number of ether oxygens (including phenoxy) is 1. The van der Waals surface area contributed by atoms with Crippen molar-refractivity contribution in [2.75, 3.05) is 46.4 Å². The van der Waals surface area contributed by atoms with Gasteiger partial charge in [0.15, 0.2) is 5.96 Å². The molecule has 0 bridgehead atoms. The van der Waals surface area contributed by atoms with Gasteiger partial charge in [0.25, 0.3) is 0 Å². The third-order valence-electron chi connectivity index (χ3n) is 3.91. The Morgan fingerprint density at radius 2 is 1.86 bits per heavy atom. The molecule has 22 heavy (non-hydrogen) atoms. The Bertz CT molecular complexity index is 305. The average Bonchev–Trinajstić information content (AvgIpc) is 2.97. The molecule has 6 heteroatoms. The molecule has 0 aromatic rings. The van der Waals surface area contributed by atoms with E-state index >= 15 is 0 Å². The van der Waals surface area contributed by atoms with Crippen molar-refractivity contribution < 1.29 is 4.74 Å². The van der Waals surface area contributed by atoms with Crippen molar-refractivity contribution in [3.05, 3.63) is 0 Å². The molecule has 0 aromatic carbocycles. The zero-order valence-electron chi connectivity index (χ0n) is 14.8. The summed E-state index contributed by atoms with van der Waals surface area (Å²) in [6.07, 6.45) is 5.21. The third kappa shape index (κ3) is 9.84. The summed E-state index contributed by atoms with van der Waals surface area (Å²) in [4.78, 5) is 7.16. The first-order valence-corrected chi connectivity index (χ1v) is 8.37. The fourth-order valence-corrected chi connectivity index (χ4v) is 2.35. The van der Waals surface area contributed by atoms with Crippen LogP contribution in [0.25, 0.3) is 0 Å². The largest absolute Gasteiger partial charge is 0.377 e. The Kier molecular flexibility index (Phi) is 12.3. The van der Waals surface area contributed by atoms with Gasteiger partial charge in [-0.2, -0.15) is 0 Å². The number of likely N-dealkylation sites (tertiary alicyclic amines) is 1. The summed E-state index contributed by atoms with van der Waals surface area (Å²) in [6, 6.07) is 0. The van der Waals surface area contributed by atoms with Crippen LogP contribution in [0.4, 0.5) is 0 Å². The summed E-state index contributed by atoms with van der Waals surface area (Å²) < 4.78 is 5.40. The molecule has 1 saturated heterocycles. The second-order valence-corrected chi connectivity index (χ2v) is 6.34. The maximum absolute atomic E-state index is 5.40. The van der Waals surface area contributed by atoms with Gasteiger partial charge in [0.1, 0.15) is 0 Å². The zero-order valence-corrected chi connectivity index (χ0v) is 17.1. The van der Waals surface area contributed by atoms with Gasteiger partial charge >= 0.3 is 0 Å². The lowest BCUT2D eigenvalue weighted by atomic mass is 10.1. The van der Waals surface area contributed by atoms with Crippen molar-refractivity contribution in [3.8, 4) is 0 Å². The van der Waals surface area contributed by atoms with Gasteiger partial charge in [-0.25, -0.2) is 0 Å². The van der Waals surface area contributed by atoms with Crippen LogP contribution in [0.15, 0.2) is 4.99 Å². The lowest BCUT2D eigenvalue weighted by molar-refractivity contribution is 0.0310. The van der Waals surface area contributed by atoms with Crippen molar-refractivity contribution in [3.63, 3.8) is 0 Å². The highest BCUT2D eigenvalue weighted by Crippen LogP contribution is 2.08. The predicted octanol–water partition coefficient (Wildman–Crippen LogP) is 2.46. The van der Waals surface area contributed by atoms with Gasteiger partial charge < -0.3 is 20.3 Å². The predicted molar refractivity (Wildman–Crippen MR) is 105 cm³/mol. The molecule has 1 fully saturated rings. The van der Waals surface area contributed by atoms with E-state index in [0.717, 1.165) is 19.0 Å². The number of aliphatic imine (C=N–C) groups is 1. The van der Waals surface area contributed by atoms with Crippen LogP contribution in [-0.2, 0) is 4.74 Å². The lowest BCUT2D eigenvalue weighted by Crippen LogP contribution is -2.39. The maximum atomic E-state index is 5.40. The minimum Gasteiger partial charge on any atom is -0.377 e. The molecule has 0 aromatic heterocycles. The molecule has 1 heterocycles. The van der Waals surface area contributed by atoms with Gasteiger partial charge in [-0.15, -0.1) is 24.0 Å². The molecule has 1 rings (SSSR count). The number of unbranched alkanes of at least 4 members (excludes halogenated alkanes) is 1. The highest BCUT2D eigenvalue weighted by atomic mass is 127. The SMILES string of the molecule is CCNC(=NCC(C)(C)OC)NCCCCN1CCCC1.I. The molecule has 5 nitrogen and oxygen atoms in total. The smallest absolute Gasteiger partial charge is 0.191 e. The Hall–Kier alpha value is -0.0800. The van der Waals surface area contributed by atoms with Crippen LogP contribution in [-0.4, -0.2) is 62.8 Å². The normalized spacial score (nSPS) is 16.5. The number of methoxy groups -OCH3 is 1. The van der Waals surface area contributed by atoms with Crippen molar-refractivity contribution in [1.82, 2.24) is 15.5 Å². The highest BCUT2D eigenvalue weighted by Gasteiger charge is 2.15. The molecular weight excluding hydrogens is 391 g/mol. The molecule has 0 aliphatic carbocycles. The van der Waals surface area contributed by atoms with E-state index in [9.17, 15) is 0 Å². The topological polar surface area (TPSA) is 48.9 Å². The number of halogens is 1. The second-order valence-electron chi connectivity index (χ2n) is 6.34. The number of nitrogens with zero attached hydrogens (tertiary/aromatic N) is 2. The first-order valence-electron chi connectivity index (χ1n) is 8.37. The van der Waals surface area contributed by atoms with E-state index < -0.39 is 0 Å². The molecule has 2 N–H and O–H groups in total. The van der Waals surface area contributed by atoms with Crippen molar-refractivity contribution in [1.29, 1.82) is 0 Å². The summed E-state index contributed by atoms with van der Waals surface area (Å²) in [5.41, 5.74) is -0.210. The summed E-state index contributed by atoms with van der Waals surface area (Å²) in [5, 5.41) is 6.69. The summed E-state index contributed by atoms with van der Waals surface area (Å²) in [6.45, 7) is 12.5. The highest BCUT2D eigenvalue weighted by molar-refractivity contribution is 14.0. The second kappa shape index (κ2) is 12.4. The van der Waals surface area contributed by atoms with Gasteiger partial charge in [-0.05, 0) is 66.1 Å². The Morgan fingerprint density at radius 3 is 2.45 bits per heavy atom. The van der Waals surface area contributed by atoms with Crippen LogP contribution in [0.5, 0.6) is 0 Å². The van der Waals surface area contributed by atoms with Crippen LogP contribution in [0, 0.1) is 0 Å². The fraction of sp³-hybridized carbons (Fsp3) is 0.938. The Balaban J connectivity index is 0.00000441. The minimum atomic E-state index is -0.210. The molecule has 0 radical (unpaired) electrons. The molecule has 1 aliphatic rings. The van der Waals surface area contributed by atoms with Crippen molar-refractivity contribution in [2.24, 2.45) is 4.99 Å². The number of hydrogen-bond acceptors (Lipinski definition) is 3. The molecule has 132 valence electrons. The molecule has 0 atom stereocenters. The van der Waals surface area contributed by atoms with E-state index in [0.29, 0.717) is 6.54 Å². The summed E-state index contributed by atoms with van der Waals surface area (Å²) in [5.74, 6) is 0.892. The number of rotatable bonds is 9. The molecule has 1 aliphatic heterocycles. The van der Waals surface area contributed by atoms with E-state index in [-0.39, 0.29) is 29.6 Å². The van der Waals surface area contributed by atoms with Gasteiger partial charge in [0, 0.05) is 20.2 Å². The van der Waals surface area contributed by atoms with Crippen molar-refractivity contribution >= 4 is 29.9 Å². The molecular formula is C16H35IN4O. The monoisotopic (exact) mass is 426 g/mol. The fourth-order valence-electron chi connectivity index (χ4n) is 2.35.